The summed E-state index contributed by atoms with van der Waals surface area (Å²) in [6, 6.07) is 5.05. The highest BCUT2D eigenvalue weighted by Gasteiger charge is 2.27. The summed E-state index contributed by atoms with van der Waals surface area (Å²) in [5.41, 5.74) is 0.800. The Labute approximate surface area is 148 Å². The number of carbonyl (C=O) groups excluding carboxylic acids is 2. The van der Waals surface area contributed by atoms with Crippen molar-refractivity contribution in [1.82, 2.24) is 20.4 Å². The summed E-state index contributed by atoms with van der Waals surface area (Å²) in [6.45, 7) is 5.35. The predicted molar refractivity (Wildman–Crippen MR) is 94.5 cm³/mol. The topological polar surface area (TPSA) is 64.7 Å². The normalized spacial score (nSPS) is 16.4. The number of nitrogens with zero attached hydrogens (tertiary/aromatic N) is 2. The lowest BCUT2D eigenvalue weighted by molar-refractivity contribution is -0.135. The predicted octanol–water partition coefficient (Wildman–Crippen LogP) is 1.57. The van der Waals surface area contributed by atoms with Crippen molar-refractivity contribution >= 4 is 11.9 Å². The number of carbonyl (C=O) groups is 2. The van der Waals surface area contributed by atoms with E-state index in [2.05, 4.69) is 15.5 Å². The lowest BCUT2D eigenvalue weighted by atomic mass is 10.1. The molecule has 3 amide bonds. The molecule has 7 heteroatoms. The Balaban J connectivity index is 1.85. The number of hydrogen-bond donors (Lipinski definition) is 2. The molecule has 0 radical (unpaired) electrons. The van der Waals surface area contributed by atoms with Crippen LogP contribution in [-0.4, -0.2) is 61.0 Å². The van der Waals surface area contributed by atoms with Gasteiger partial charge in [0.15, 0.2) is 0 Å². The molecule has 1 unspecified atom stereocenters. The van der Waals surface area contributed by atoms with E-state index in [0.717, 1.165) is 25.1 Å². The molecule has 0 saturated carbocycles. The van der Waals surface area contributed by atoms with Gasteiger partial charge < -0.3 is 20.4 Å². The standard InChI is InChI=1S/C18H27FN4O2/c1-3-4-16(17(24)23-11-9-22(2)10-12-23)21-18(25)20-13-14-5-7-15(19)8-6-14/h5-8,16H,3-4,9-13H2,1-2H3,(H2,20,21,25). The monoisotopic (exact) mass is 350 g/mol. The number of rotatable bonds is 6. The summed E-state index contributed by atoms with van der Waals surface area (Å²) in [7, 11) is 2.03. The van der Waals surface area contributed by atoms with Crippen molar-refractivity contribution in [1.29, 1.82) is 0 Å². The summed E-state index contributed by atoms with van der Waals surface area (Å²) < 4.78 is 12.9. The fourth-order valence-electron chi connectivity index (χ4n) is 2.79. The van der Waals surface area contributed by atoms with Crippen LogP contribution in [0.5, 0.6) is 0 Å². The van der Waals surface area contributed by atoms with Gasteiger partial charge in [-0.05, 0) is 31.2 Å². The van der Waals surface area contributed by atoms with Gasteiger partial charge in [-0.2, -0.15) is 0 Å². The molecular weight excluding hydrogens is 323 g/mol. The summed E-state index contributed by atoms with van der Waals surface area (Å²) >= 11 is 0. The van der Waals surface area contributed by atoms with Gasteiger partial charge >= 0.3 is 6.03 Å². The van der Waals surface area contributed by atoms with Gasteiger partial charge in [-0.25, -0.2) is 9.18 Å². The van der Waals surface area contributed by atoms with E-state index < -0.39 is 6.04 Å². The SMILES string of the molecule is CCCC(NC(=O)NCc1ccc(F)cc1)C(=O)N1CCN(C)CC1. The zero-order valence-corrected chi connectivity index (χ0v) is 14.9. The second-order valence-corrected chi connectivity index (χ2v) is 6.42. The van der Waals surface area contributed by atoms with E-state index in [1.807, 2.05) is 18.9 Å². The fourth-order valence-corrected chi connectivity index (χ4v) is 2.79. The van der Waals surface area contributed by atoms with Crippen molar-refractivity contribution in [2.24, 2.45) is 0 Å². The molecule has 1 aromatic rings. The van der Waals surface area contributed by atoms with Crippen LogP contribution in [-0.2, 0) is 11.3 Å². The van der Waals surface area contributed by atoms with Gasteiger partial charge in [-0.15, -0.1) is 0 Å². The van der Waals surface area contributed by atoms with Gasteiger partial charge in [0, 0.05) is 32.7 Å². The number of nitrogens with one attached hydrogen (secondary N) is 2. The first-order valence-corrected chi connectivity index (χ1v) is 8.75. The Morgan fingerprint density at radius 2 is 1.80 bits per heavy atom. The maximum atomic E-state index is 12.9. The first-order valence-electron chi connectivity index (χ1n) is 8.75. The zero-order chi connectivity index (χ0) is 18.2. The van der Waals surface area contributed by atoms with E-state index in [1.54, 1.807) is 12.1 Å². The van der Waals surface area contributed by atoms with Crippen molar-refractivity contribution in [3.8, 4) is 0 Å². The number of urea groups is 1. The Morgan fingerprint density at radius 3 is 2.40 bits per heavy atom. The van der Waals surface area contributed by atoms with Crippen molar-refractivity contribution in [3.63, 3.8) is 0 Å². The van der Waals surface area contributed by atoms with Crippen LogP contribution in [0, 0.1) is 5.82 Å². The average molecular weight is 350 g/mol. The van der Waals surface area contributed by atoms with E-state index in [4.69, 9.17) is 0 Å². The van der Waals surface area contributed by atoms with Crippen molar-refractivity contribution < 1.29 is 14.0 Å². The van der Waals surface area contributed by atoms with E-state index in [1.165, 1.54) is 12.1 Å². The highest BCUT2D eigenvalue weighted by Crippen LogP contribution is 2.07. The van der Waals surface area contributed by atoms with Gasteiger partial charge in [0.2, 0.25) is 5.91 Å². The largest absolute Gasteiger partial charge is 0.338 e. The third kappa shape index (κ3) is 6.01. The van der Waals surface area contributed by atoms with Crippen molar-refractivity contribution in [2.45, 2.75) is 32.4 Å². The fraction of sp³-hybridized carbons (Fsp3) is 0.556. The third-order valence-corrected chi connectivity index (χ3v) is 4.36. The Morgan fingerprint density at radius 1 is 1.16 bits per heavy atom. The molecular formula is C18H27FN4O2. The molecule has 25 heavy (non-hydrogen) atoms. The summed E-state index contributed by atoms with van der Waals surface area (Å²) in [5.74, 6) is -0.333. The average Bonchev–Trinajstić information content (AvgIpc) is 2.61. The molecule has 1 aliphatic rings. The van der Waals surface area contributed by atoms with Gasteiger partial charge in [0.1, 0.15) is 11.9 Å². The minimum atomic E-state index is -0.512. The Bertz CT molecular complexity index is 571. The maximum Gasteiger partial charge on any atom is 0.315 e. The second kappa shape index (κ2) is 9.36. The Kier molecular flexibility index (Phi) is 7.18. The van der Waals surface area contributed by atoms with E-state index in [-0.39, 0.29) is 24.3 Å². The molecule has 1 aliphatic heterocycles. The van der Waals surface area contributed by atoms with Crippen LogP contribution in [0.4, 0.5) is 9.18 Å². The van der Waals surface area contributed by atoms with Crippen LogP contribution in [0.15, 0.2) is 24.3 Å². The Hall–Kier alpha value is -2.15. The minimum absolute atomic E-state index is 0.0214. The third-order valence-electron chi connectivity index (χ3n) is 4.36. The van der Waals surface area contributed by atoms with Crippen LogP contribution in [0.3, 0.4) is 0 Å². The summed E-state index contributed by atoms with van der Waals surface area (Å²) in [5, 5.41) is 5.50. The van der Waals surface area contributed by atoms with Gasteiger partial charge in [0.05, 0.1) is 0 Å². The van der Waals surface area contributed by atoms with Gasteiger partial charge in [0.25, 0.3) is 0 Å². The first kappa shape index (κ1) is 19.2. The molecule has 6 nitrogen and oxygen atoms in total. The summed E-state index contributed by atoms with van der Waals surface area (Å²) in [4.78, 5) is 28.8. The van der Waals surface area contributed by atoms with Gasteiger partial charge in [-0.3, -0.25) is 4.79 Å². The number of likely N-dealkylation sites (N-methyl/N-ethyl adjacent to an activating group) is 1. The lowest BCUT2D eigenvalue weighted by Gasteiger charge is -2.34. The molecule has 1 heterocycles. The number of hydrogen-bond acceptors (Lipinski definition) is 3. The maximum absolute atomic E-state index is 12.9. The van der Waals surface area contributed by atoms with E-state index in [9.17, 15) is 14.0 Å². The van der Waals surface area contributed by atoms with Crippen LogP contribution < -0.4 is 10.6 Å². The first-order chi connectivity index (χ1) is 12.0. The van der Waals surface area contributed by atoms with Crippen LogP contribution in [0.25, 0.3) is 0 Å². The second-order valence-electron chi connectivity index (χ2n) is 6.42. The quantitative estimate of drug-likeness (QED) is 0.818. The van der Waals surface area contributed by atoms with Crippen molar-refractivity contribution in [2.75, 3.05) is 33.2 Å². The molecule has 0 aromatic heterocycles. The molecule has 138 valence electrons. The van der Waals surface area contributed by atoms with Crippen LogP contribution >= 0.6 is 0 Å². The molecule has 2 N–H and O–H groups in total. The molecule has 1 fully saturated rings. The lowest BCUT2D eigenvalue weighted by Crippen LogP contribution is -2.55. The summed E-state index contributed by atoms with van der Waals surface area (Å²) in [6.07, 6.45) is 1.41. The van der Waals surface area contributed by atoms with Crippen molar-refractivity contribution in [3.05, 3.63) is 35.6 Å². The molecule has 0 bridgehead atoms. The number of amides is 3. The van der Waals surface area contributed by atoms with E-state index in [0.29, 0.717) is 19.5 Å². The van der Waals surface area contributed by atoms with Crippen LogP contribution in [0.2, 0.25) is 0 Å². The zero-order valence-electron chi connectivity index (χ0n) is 14.9. The minimum Gasteiger partial charge on any atom is -0.338 e. The molecule has 1 saturated heterocycles. The highest BCUT2D eigenvalue weighted by molar-refractivity contribution is 5.87. The number of benzene rings is 1. The van der Waals surface area contributed by atoms with Crippen LogP contribution in [0.1, 0.15) is 25.3 Å². The number of piperazine rings is 1. The highest BCUT2D eigenvalue weighted by atomic mass is 19.1. The molecule has 0 aliphatic carbocycles. The van der Waals surface area contributed by atoms with E-state index >= 15 is 0 Å². The molecule has 1 aromatic carbocycles. The molecule has 2 rings (SSSR count). The molecule has 1 atom stereocenters. The molecule has 0 spiro atoms. The number of halogens is 1. The smallest absolute Gasteiger partial charge is 0.315 e. The van der Waals surface area contributed by atoms with Gasteiger partial charge in [-0.1, -0.05) is 25.5 Å².